The minimum Gasteiger partial charge on any atom is -0.500 e. The Labute approximate surface area is 197 Å². The van der Waals surface area contributed by atoms with E-state index in [9.17, 15) is 24.8 Å². The summed E-state index contributed by atoms with van der Waals surface area (Å²) in [6.07, 6.45) is 0.887. The van der Waals surface area contributed by atoms with Crippen LogP contribution in [-0.2, 0) is 14.3 Å². The highest BCUT2D eigenvalue weighted by Crippen LogP contribution is 2.49. The number of carbonyl (C=O) groups is 2. The Balaban J connectivity index is 1.93. The number of benzene rings is 1. The summed E-state index contributed by atoms with van der Waals surface area (Å²) in [5, 5.41) is 25.3. The van der Waals surface area contributed by atoms with E-state index in [4.69, 9.17) is 9.47 Å². The largest absolute Gasteiger partial charge is 0.500 e. The van der Waals surface area contributed by atoms with Gasteiger partial charge in [0.05, 0.1) is 25.2 Å². The molecule has 1 aromatic carbocycles. The number of hydrogen-bond acceptors (Lipinski definition) is 8. The Morgan fingerprint density at radius 2 is 1.97 bits per heavy atom. The van der Waals surface area contributed by atoms with Crippen LogP contribution in [0.25, 0.3) is 0 Å². The fraction of sp³-hybridized carbons (Fsp3) is 0.500. The highest BCUT2D eigenvalue weighted by molar-refractivity contribution is 6.05. The number of hydrogen-bond donors (Lipinski definition) is 2. The van der Waals surface area contributed by atoms with Crippen LogP contribution in [0.5, 0.6) is 11.5 Å². The van der Waals surface area contributed by atoms with Crippen molar-refractivity contribution >= 4 is 17.4 Å². The summed E-state index contributed by atoms with van der Waals surface area (Å²) in [6, 6.07) is 2.70. The number of ether oxygens (including phenoxy) is 2. The topological polar surface area (TPSA) is 131 Å². The van der Waals surface area contributed by atoms with E-state index < -0.39 is 22.3 Å². The molecule has 0 aromatic heterocycles. The van der Waals surface area contributed by atoms with E-state index in [1.165, 1.54) is 19.2 Å². The van der Waals surface area contributed by atoms with E-state index in [-0.39, 0.29) is 22.9 Å². The third-order valence-electron chi connectivity index (χ3n) is 6.60. The van der Waals surface area contributed by atoms with E-state index >= 15 is 0 Å². The molecule has 0 spiro atoms. The Hall–Kier alpha value is -3.40. The van der Waals surface area contributed by atoms with Crippen molar-refractivity contribution in [2.75, 3.05) is 33.4 Å². The van der Waals surface area contributed by atoms with Gasteiger partial charge in [0.2, 0.25) is 5.75 Å². The van der Waals surface area contributed by atoms with Crippen molar-refractivity contribution in [1.82, 2.24) is 10.2 Å². The fourth-order valence-electron chi connectivity index (χ4n) is 5.06. The standard InChI is InChI=1S/C24H29N3O7/c1-13-19(23(30)26-5-7-34-8-6-26)20(21-15(25-13)11-24(2,3)12-17(21)28)14-9-16(27(31)32)22(29)18(10-14)33-4/h9-10,20,25,29H,5-8,11-12H2,1-4H3/t20-/m0/s1. The Kier molecular flexibility index (Phi) is 6.11. The summed E-state index contributed by atoms with van der Waals surface area (Å²) in [5.74, 6) is -1.89. The van der Waals surface area contributed by atoms with Crippen LogP contribution in [0, 0.1) is 15.5 Å². The number of nitro benzene ring substituents is 1. The number of aromatic hydroxyl groups is 1. The Morgan fingerprint density at radius 1 is 1.29 bits per heavy atom. The van der Waals surface area contributed by atoms with Gasteiger partial charge in [-0.2, -0.15) is 0 Å². The third kappa shape index (κ3) is 4.13. The van der Waals surface area contributed by atoms with Gasteiger partial charge in [0.15, 0.2) is 11.5 Å². The number of rotatable bonds is 4. The van der Waals surface area contributed by atoms with Crippen LogP contribution in [0.1, 0.15) is 45.1 Å². The Morgan fingerprint density at radius 3 is 2.59 bits per heavy atom. The van der Waals surface area contributed by atoms with Crippen molar-refractivity contribution < 1.29 is 29.1 Å². The van der Waals surface area contributed by atoms with Gasteiger partial charge >= 0.3 is 5.69 Å². The molecule has 10 heteroatoms. The quantitative estimate of drug-likeness (QED) is 0.506. The van der Waals surface area contributed by atoms with Gasteiger partial charge < -0.3 is 24.8 Å². The molecule has 0 saturated carbocycles. The molecule has 2 N–H and O–H groups in total. The normalized spacial score (nSPS) is 22.3. The minimum absolute atomic E-state index is 0.0932. The summed E-state index contributed by atoms with van der Waals surface area (Å²) in [7, 11) is 1.30. The molecule has 4 rings (SSSR count). The van der Waals surface area contributed by atoms with Gasteiger partial charge in [-0.1, -0.05) is 13.8 Å². The average Bonchev–Trinajstić information content (AvgIpc) is 2.77. The van der Waals surface area contributed by atoms with Crippen molar-refractivity contribution in [3.05, 3.63) is 50.4 Å². The summed E-state index contributed by atoms with van der Waals surface area (Å²) in [5.41, 5.74) is 1.64. The van der Waals surface area contributed by atoms with E-state index in [0.29, 0.717) is 61.6 Å². The lowest BCUT2D eigenvalue weighted by Crippen LogP contribution is -2.45. The number of nitrogens with one attached hydrogen (secondary N) is 1. The van der Waals surface area contributed by atoms with Gasteiger partial charge in [-0.15, -0.1) is 0 Å². The summed E-state index contributed by atoms with van der Waals surface area (Å²) in [6.45, 7) is 7.44. The number of dihydropyridines is 1. The molecule has 0 radical (unpaired) electrons. The highest BCUT2D eigenvalue weighted by Gasteiger charge is 2.44. The number of Topliss-reactive ketones (excluding diaryl/α,β-unsaturated/α-hetero) is 1. The molecule has 3 aliphatic rings. The summed E-state index contributed by atoms with van der Waals surface area (Å²) >= 11 is 0. The number of morpholine rings is 1. The maximum absolute atomic E-state index is 13.7. The van der Waals surface area contributed by atoms with Crippen LogP contribution >= 0.6 is 0 Å². The van der Waals surface area contributed by atoms with Crippen LogP contribution in [-0.4, -0.2) is 60.0 Å². The predicted octanol–water partition coefficient (Wildman–Crippen LogP) is 2.77. The molecule has 1 aromatic rings. The monoisotopic (exact) mass is 471 g/mol. The van der Waals surface area contributed by atoms with Crippen molar-refractivity contribution in [3.8, 4) is 11.5 Å². The highest BCUT2D eigenvalue weighted by atomic mass is 16.6. The molecule has 2 aliphatic heterocycles. The first-order chi connectivity index (χ1) is 16.0. The number of allylic oxidation sites excluding steroid dienone is 3. The van der Waals surface area contributed by atoms with Crippen LogP contribution in [0.3, 0.4) is 0 Å². The first-order valence-electron chi connectivity index (χ1n) is 11.2. The number of nitro groups is 1. The number of phenols is 1. The molecule has 1 fully saturated rings. The number of carbonyl (C=O) groups excluding carboxylic acids is 2. The molecule has 0 unspecified atom stereocenters. The van der Waals surface area contributed by atoms with Crippen LogP contribution in [0.4, 0.5) is 5.69 Å². The molecule has 1 amide bonds. The number of ketones is 1. The van der Waals surface area contributed by atoms with Crippen molar-refractivity contribution in [1.29, 1.82) is 0 Å². The van der Waals surface area contributed by atoms with E-state index in [1.54, 1.807) is 11.8 Å². The predicted molar refractivity (Wildman–Crippen MR) is 122 cm³/mol. The molecule has 2 heterocycles. The summed E-state index contributed by atoms with van der Waals surface area (Å²) < 4.78 is 10.6. The van der Waals surface area contributed by atoms with E-state index in [1.807, 2.05) is 13.8 Å². The van der Waals surface area contributed by atoms with Crippen LogP contribution in [0.15, 0.2) is 34.7 Å². The lowest BCUT2D eigenvalue weighted by atomic mass is 9.68. The molecule has 1 aliphatic carbocycles. The van der Waals surface area contributed by atoms with E-state index in [2.05, 4.69) is 5.32 Å². The fourth-order valence-corrected chi connectivity index (χ4v) is 5.06. The van der Waals surface area contributed by atoms with Crippen molar-refractivity contribution in [3.63, 3.8) is 0 Å². The molecule has 34 heavy (non-hydrogen) atoms. The second-order valence-corrected chi connectivity index (χ2v) is 9.68. The van der Waals surface area contributed by atoms with Gasteiger partial charge in [-0.05, 0) is 30.4 Å². The number of methoxy groups -OCH3 is 1. The molecular weight excluding hydrogens is 442 g/mol. The smallest absolute Gasteiger partial charge is 0.314 e. The average molecular weight is 472 g/mol. The van der Waals surface area contributed by atoms with Gasteiger partial charge in [-0.25, -0.2) is 0 Å². The first-order valence-corrected chi connectivity index (χ1v) is 11.2. The lowest BCUT2D eigenvalue weighted by molar-refractivity contribution is -0.386. The second-order valence-electron chi connectivity index (χ2n) is 9.68. The SMILES string of the molecule is COc1cc([C@H]2C(C(=O)N3CCOCC3)=C(C)NC3=C2C(=O)CC(C)(C)C3)cc([N+](=O)[O-])c1O. The molecular formula is C24H29N3O7. The Bertz CT molecular complexity index is 1130. The third-order valence-corrected chi connectivity index (χ3v) is 6.60. The lowest BCUT2D eigenvalue weighted by Gasteiger charge is -2.41. The molecule has 1 saturated heterocycles. The van der Waals surface area contributed by atoms with Gasteiger partial charge in [0, 0.05) is 54.0 Å². The molecule has 0 bridgehead atoms. The first kappa shape index (κ1) is 23.7. The van der Waals surface area contributed by atoms with Gasteiger partial charge in [0.1, 0.15) is 0 Å². The van der Waals surface area contributed by atoms with Crippen molar-refractivity contribution in [2.45, 2.75) is 39.5 Å². The maximum Gasteiger partial charge on any atom is 0.314 e. The molecule has 10 nitrogen and oxygen atoms in total. The van der Waals surface area contributed by atoms with Gasteiger partial charge in [0.25, 0.3) is 5.91 Å². The number of nitrogens with zero attached hydrogens (tertiary/aromatic N) is 2. The van der Waals surface area contributed by atoms with E-state index in [0.717, 1.165) is 5.70 Å². The zero-order valence-corrected chi connectivity index (χ0v) is 19.8. The van der Waals surface area contributed by atoms with Crippen LogP contribution < -0.4 is 10.1 Å². The van der Waals surface area contributed by atoms with Crippen LogP contribution in [0.2, 0.25) is 0 Å². The van der Waals surface area contributed by atoms with Crippen molar-refractivity contribution in [2.24, 2.45) is 5.41 Å². The number of phenolic OH excluding ortho intramolecular Hbond substituents is 1. The molecule has 182 valence electrons. The summed E-state index contributed by atoms with van der Waals surface area (Å²) in [4.78, 5) is 39.8. The zero-order valence-electron chi connectivity index (χ0n) is 19.8. The zero-order chi connectivity index (χ0) is 24.8. The van der Waals surface area contributed by atoms with Gasteiger partial charge in [-0.3, -0.25) is 19.7 Å². The maximum atomic E-state index is 13.7. The second kappa shape index (κ2) is 8.75. The number of amides is 1. The minimum atomic E-state index is -0.830. The molecule has 1 atom stereocenters.